The van der Waals surface area contributed by atoms with Crippen LogP contribution < -0.4 is 4.74 Å². The van der Waals surface area contributed by atoms with Crippen LogP contribution in [0.3, 0.4) is 0 Å². The van der Waals surface area contributed by atoms with Crippen LogP contribution in [0.5, 0.6) is 5.75 Å². The van der Waals surface area contributed by atoms with E-state index in [2.05, 4.69) is 5.92 Å². The number of nitrogens with zero attached hydrogens (tertiary/aromatic N) is 1. The molecule has 0 aliphatic rings. The lowest BCUT2D eigenvalue weighted by atomic mass is 10.2. The van der Waals surface area contributed by atoms with Crippen LogP contribution >= 0.6 is 10.7 Å². The summed E-state index contributed by atoms with van der Waals surface area (Å²) in [5.74, 6) is 2.99. The van der Waals surface area contributed by atoms with Crippen LogP contribution in [0.4, 0.5) is 0 Å². The van der Waals surface area contributed by atoms with Gasteiger partial charge in [-0.15, -0.1) is 12.3 Å². The average molecular weight is 298 g/mol. The van der Waals surface area contributed by atoms with Gasteiger partial charge in [0.25, 0.3) is 9.05 Å². The molecule has 6 heteroatoms. The fraction of sp³-hybridized carbons (Fsp3) is 0.231. The van der Waals surface area contributed by atoms with Gasteiger partial charge in [-0.3, -0.25) is 0 Å². The minimum Gasteiger partial charge on any atom is -0.496 e. The zero-order valence-corrected chi connectivity index (χ0v) is 11.8. The van der Waals surface area contributed by atoms with E-state index in [1.54, 1.807) is 22.8 Å². The first-order valence-electron chi connectivity index (χ1n) is 5.53. The Morgan fingerprint density at radius 1 is 1.47 bits per heavy atom. The summed E-state index contributed by atoms with van der Waals surface area (Å²) in [4.78, 5) is 0.0404. The lowest BCUT2D eigenvalue weighted by Crippen LogP contribution is -1.94. The van der Waals surface area contributed by atoms with E-state index in [9.17, 15) is 8.42 Å². The third-order valence-electron chi connectivity index (χ3n) is 2.81. The largest absolute Gasteiger partial charge is 0.496 e. The molecule has 0 atom stereocenters. The topological polar surface area (TPSA) is 48.3 Å². The van der Waals surface area contributed by atoms with Crippen LogP contribution in [-0.4, -0.2) is 20.1 Å². The maximum Gasteiger partial charge on any atom is 0.263 e. The van der Waals surface area contributed by atoms with Crippen molar-refractivity contribution < 1.29 is 13.2 Å². The second kappa shape index (κ2) is 5.16. The van der Waals surface area contributed by atoms with Crippen LogP contribution in [0.1, 0.15) is 6.42 Å². The minimum atomic E-state index is -3.85. The van der Waals surface area contributed by atoms with Gasteiger partial charge in [0.2, 0.25) is 0 Å². The van der Waals surface area contributed by atoms with Crippen molar-refractivity contribution in [1.29, 1.82) is 0 Å². The number of hydrogen-bond acceptors (Lipinski definition) is 3. The zero-order chi connectivity index (χ0) is 14.0. The Hall–Kier alpha value is -1.64. The number of benzene rings is 1. The molecule has 0 unspecified atom stereocenters. The summed E-state index contributed by atoms with van der Waals surface area (Å²) in [7, 11) is 3.11. The van der Waals surface area contributed by atoms with Crippen LogP contribution in [0.2, 0.25) is 0 Å². The van der Waals surface area contributed by atoms with Gasteiger partial charge in [0, 0.05) is 29.8 Å². The standard InChI is InChI=1S/C13H12ClNO3S/c1-3-4-8-15-9-12(19(14,16)17)13-10(15)6-5-7-11(13)18-2/h1,5-7,9H,4,8H2,2H3. The molecule has 0 amide bonds. The first-order chi connectivity index (χ1) is 8.99. The Bertz CT molecular complexity index is 756. The number of ether oxygens (including phenoxy) is 1. The van der Waals surface area contributed by atoms with E-state index in [-0.39, 0.29) is 4.90 Å². The molecule has 2 aromatic rings. The summed E-state index contributed by atoms with van der Waals surface area (Å²) < 4.78 is 30.3. The van der Waals surface area contributed by atoms with Crippen molar-refractivity contribution in [2.24, 2.45) is 0 Å². The molecule has 1 aromatic heterocycles. The van der Waals surface area contributed by atoms with Gasteiger partial charge in [0.05, 0.1) is 18.0 Å². The zero-order valence-electron chi connectivity index (χ0n) is 10.3. The number of terminal acetylenes is 1. The van der Waals surface area contributed by atoms with E-state index in [4.69, 9.17) is 21.8 Å². The van der Waals surface area contributed by atoms with Crippen molar-refractivity contribution in [3.05, 3.63) is 24.4 Å². The summed E-state index contributed by atoms with van der Waals surface area (Å²) in [5, 5.41) is 0.483. The third kappa shape index (κ3) is 2.55. The number of fused-ring (bicyclic) bond motifs is 1. The number of rotatable bonds is 4. The first-order valence-corrected chi connectivity index (χ1v) is 7.84. The molecule has 2 rings (SSSR count). The summed E-state index contributed by atoms with van der Waals surface area (Å²) in [6, 6.07) is 5.29. The predicted octanol–water partition coefficient (Wildman–Crippen LogP) is 2.60. The van der Waals surface area contributed by atoms with Crippen molar-refractivity contribution >= 4 is 30.6 Å². The summed E-state index contributed by atoms with van der Waals surface area (Å²) in [5.41, 5.74) is 0.730. The molecule has 0 fully saturated rings. The number of aromatic nitrogens is 1. The molecule has 4 nitrogen and oxygen atoms in total. The molecule has 0 saturated carbocycles. The summed E-state index contributed by atoms with van der Waals surface area (Å²) in [6.45, 7) is 0.520. The van der Waals surface area contributed by atoms with Gasteiger partial charge >= 0.3 is 0 Å². The van der Waals surface area contributed by atoms with Gasteiger partial charge in [0.15, 0.2) is 0 Å². The van der Waals surface area contributed by atoms with E-state index < -0.39 is 9.05 Å². The molecular weight excluding hydrogens is 286 g/mol. The highest BCUT2D eigenvalue weighted by atomic mass is 35.7. The smallest absolute Gasteiger partial charge is 0.263 e. The van der Waals surface area contributed by atoms with E-state index in [1.807, 2.05) is 0 Å². The minimum absolute atomic E-state index is 0.0404. The quantitative estimate of drug-likeness (QED) is 0.644. The van der Waals surface area contributed by atoms with E-state index in [1.165, 1.54) is 13.3 Å². The molecule has 100 valence electrons. The van der Waals surface area contributed by atoms with Gasteiger partial charge in [-0.1, -0.05) is 6.07 Å². The molecule has 0 saturated heterocycles. The fourth-order valence-corrected chi connectivity index (χ4v) is 3.06. The SMILES string of the molecule is C#CCCn1cc(S(=O)(=O)Cl)c2c(OC)cccc21. The molecule has 0 aliphatic heterocycles. The molecule has 0 N–H and O–H groups in total. The van der Waals surface area contributed by atoms with E-state index in [0.29, 0.717) is 24.1 Å². The number of halogens is 1. The molecule has 1 aromatic carbocycles. The lowest BCUT2D eigenvalue weighted by molar-refractivity contribution is 0.419. The third-order valence-corrected chi connectivity index (χ3v) is 4.15. The molecular formula is C13H12ClNO3S. The predicted molar refractivity (Wildman–Crippen MR) is 75.0 cm³/mol. The van der Waals surface area contributed by atoms with Crippen LogP contribution in [-0.2, 0) is 15.6 Å². The Kier molecular flexibility index (Phi) is 3.74. The maximum absolute atomic E-state index is 11.7. The second-order valence-corrected chi connectivity index (χ2v) is 6.47. The first kappa shape index (κ1) is 13.8. The van der Waals surface area contributed by atoms with Crippen LogP contribution in [0.15, 0.2) is 29.3 Å². The van der Waals surface area contributed by atoms with Crippen LogP contribution in [0, 0.1) is 12.3 Å². The Morgan fingerprint density at radius 2 is 2.21 bits per heavy atom. The molecule has 0 aliphatic carbocycles. The highest BCUT2D eigenvalue weighted by Crippen LogP contribution is 2.35. The Morgan fingerprint density at radius 3 is 2.79 bits per heavy atom. The monoisotopic (exact) mass is 297 g/mol. The molecule has 0 radical (unpaired) electrons. The van der Waals surface area contributed by atoms with Gasteiger partial charge in [-0.2, -0.15) is 0 Å². The highest BCUT2D eigenvalue weighted by molar-refractivity contribution is 8.14. The lowest BCUT2D eigenvalue weighted by Gasteiger charge is -2.04. The Balaban J connectivity index is 2.78. The van der Waals surface area contributed by atoms with Crippen molar-refractivity contribution in [1.82, 2.24) is 4.57 Å². The van der Waals surface area contributed by atoms with Crippen LogP contribution in [0.25, 0.3) is 10.9 Å². The number of methoxy groups -OCH3 is 1. The summed E-state index contributed by atoms with van der Waals surface area (Å²) in [6.07, 6.45) is 7.23. The molecule has 0 bridgehead atoms. The number of hydrogen-bond donors (Lipinski definition) is 0. The van der Waals surface area contributed by atoms with Crippen molar-refractivity contribution in [3.8, 4) is 18.1 Å². The van der Waals surface area contributed by atoms with Crippen molar-refractivity contribution in [2.75, 3.05) is 7.11 Å². The number of aryl methyl sites for hydroxylation is 1. The van der Waals surface area contributed by atoms with Gasteiger partial charge in [0.1, 0.15) is 10.6 Å². The van der Waals surface area contributed by atoms with Crippen molar-refractivity contribution in [2.45, 2.75) is 17.9 Å². The molecule has 1 heterocycles. The Labute approximate surface area is 116 Å². The van der Waals surface area contributed by atoms with Gasteiger partial charge in [-0.05, 0) is 12.1 Å². The fourth-order valence-electron chi connectivity index (χ4n) is 2.01. The average Bonchev–Trinajstić information content (AvgIpc) is 2.75. The normalized spacial score (nSPS) is 11.4. The van der Waals surface area contributed by atoms with Gasteiger partial charge in [-0.25, -0.2) is 8.42 Å². The summed E-state index contributed by atoms with van der Waals surface area (Å²) >= 11 is 0. The highest BCUT2D eigenvalue weighted by Gasteiger charge is 2.21. The molecule has 19 heavy (non-hydrogen) atoms. The molecule has 0 spiro atoms. The van der Waals surface area contributed by atoms with E-state index in [0.717, 1.165) is 5.52 Å². The van der Waals surface area contributed by atoms with Crippen molar-refractivity contribution in [3.63, 3.8) is 0 Å². The van der Waals surface area contributed by atoms with Gasteiger partial charge < -0.3 is 9.30 Å². The second-order valence-electron chi connectivity index (χ2n) is 3.93. The maximum atomic E-state index is 11.7. The van der Waals surface area contributed by atoms with E-state index >= 15 is 0 Å².